The Bertz CT molecular complexity index is 786. The Hall–Kier alpha value is -2.38. The molecule has 1 aliphatic rings. The van der Waals surface area contributed by atoms with Gasteiger partial charge in [-0.3, -0.25) is 14.6 Å². The molecule has 2 heterocycles. The van der Waals surface area contributed by atoms with Crippen LogP contribution in [0.2, 0.25) is 0 Å². The number of nitrogens with zero attached hydrogens (tertiary/aromatic N) is 5. The van der Waals surface area contributed by atoms with E-state index in [0.29, 0.717) is 6.61 Å². The maximum atomic E-state index is 6.02. The van der Waals surface area contributed by atoms with E-state index in [-0.39, 0.29) is 12.1 Å². The Balaban J connectivity index is 1.77. The second-order valence-electron chi connectivity index (χ2n) is 7.60. The standard InChI is InChI=1S/C23H36N6O/c1-5-24-23(29-13-14-30-22(18-29)20-15-26-27(4)17-20)25-16-21(28(6-2)7-3)19-11-9-8-10-12-19/h8-12,15,17,21-22H,5-7,13-14,16,18H2,1-4H3,(H,24,25). The number of ether oxygens (including phenoxy) is 1. The van der Waals surface area contributed by atoms with E-state index in [1.807, 2.05) is 24.1 Å². The maximum absolute atomic E-state index is 6.02. The van der Waals surface area contributed by atoms with Crippen LogP contribution < -0.4 is 5.32 Å². The van der Waals surface area contributed by atoms with E-state index in [1.54, 1.807) is 0 Å². The van der Waals surface area contributed by atoms with Crippen molar-refractivity contribution in [3.8, 4) is 0 Å². The normalized spacial score (nSPS) is 18.6. The fraction of sp³-hybridized carbons (Fsp3) is 0.565. The minimum Gasteiger partial charge on any atom is -0.370 e. The van der Waals surface area contributed by atoms with Crippen LogP contribution in [0.3, 0.4) is 0 Å². The monoisotopic (exact) mass is 412 g/mol. The first-order valence-corrected chi connectivity index (χ1v) is 11.1. The van der Waals surface area contributed by atoms with Crippen molar-refractivity contribution in [1.29, 1.82) is 0 Å². The van der Waals surface area contributed by atoms with Gasteiger partial charge in [-0.25, -0.2) is 0 Å². The molecule has 1 fully saturated rings. The third-order valence-corrected chi connectivity index (χ3v) is 5.65. The van der Waals surface area contributed by atoms with Crippen molar-refractivity contribution in [3.05, 3.63) is 53.9 Å². The Kier molecular flexibility index (Phi) is 8.28. The summed E-state index contributed by atoms with van der Waals surface area (Å²) in [6.07, 6.45) is 3.94. The second-order valence-corrected chi connectivity index (χ2v) is 7.60. The molecule has 2 aromatic rings. The molecule has 2 atom stereocenters. The number of nitrogens with one attached hydrogen (secondary N) is 1. The van der Waals surface area contributed by atoms with Crippen molar-refractivity contribution < 1.29 is 4.74 Å². The number of guanidine groups is 1. The van der Waals surface area contributed by atoms with Gasteiger partial charge in [0.15, 0.2) is 5.96 Å². The van der Waals surface area contributed by atoms with Gasteiger partial charge in [0.1, 0.15) is 6.10 Å². The Morgan fingerprint density at radius 2 is 2.03 bits per heavy atom. The molecule has 1 aromatic heterocycles. The Morgan fingerprint density at radius 1 is 1.27 bits per heavy atom. The summed E-state index contributed by atoms with van der Waals surface area (Å²) in [7, 11) is 1.94. The lowest BCUT2D eigenvalue weighted by Crippen LogP contribution is -2.48. The lowest BCUT2D eigenvalue weighted by molar-refractivity contribution is -0.00808. The smallest absolute Gasteiger partial charge is 0.194 e. The zero-order valence-corrected chi connectivity index (χ0v) is 18.8. The summed E-state index contributed by atoms with van der Waals surface area (Å²) in [5.74, 6) is 0.961. The van der Waals surface area contributed by atoms with E-state index in [0.717, 1.165) is 50.8 Å². The van der Waals surface area contributed by atoms with Crippen LogP contribution in [0.15, 0.2) is 47.7 Å². The van der Waals surface area contributed by atoms with E-state index < -0.39 is 0 Å². The van der Waals surface area contributed by atoms with Gasteiger partial charge in [-0.1, -0.05) is 44.2 Å². The van der Waals surface area contributed by atoms with Crippen LogP contribution in [0.25, 0.3) is 0 Å². The van der Waals surface area contributed by atoms with Gasteiger partial charge in [-0.15, -0.1) is 0 Å². The molecule has 0 radical (unpaired) electrons. The molecular weight excluding hydrogens is 376 g/mol. The van der Waals surface area contributed by atoms with E-state index >= 15 is 0 Å². The topological polar surface area (TPSA) is 57.9 Å². The number of likely N-dealkylation sites (N-methyl/N-ethyl adjacent to an activating group) is 1. The molecule has 7 heteroatoms. The summed E-state index contributed by atoms with van der Waals surface area (Å²) in [5.41, 5.74) is 2.43. The van der Waals surface area contributed by atoms with Crippen LogP contribution in [0.4, 0.5) is 0 Å². The molecular formula is C23H36N6O. The Labute approximate surface area is 180 Å². The van der Waals surface area contributed by atoms with Gasteiger partial charge in [-0.05, 0) is 25.6 Å². The van der Waals surface area contributed by atoms with Gasteiger partial charge in [-0.2, -0.15) is 5.10 Å². The first-order chi connectivity index (χ1) is 14.7. The van der Waals surface area contributed by atoms with Gasteiger partial charge < -0.3 is 15.0 Å². The third kappa shape index (κ3) is 5.61. The summed E-state index contributed by atoms with van der Waals surface area (Å²) in [6.45, 7) is 12.4. The van der Waals surface area contributed by atoms with Gasteiger partial charge in [0.2, 0.25) is 0 Å². The van der Waals surface area contributed by atoms with Crippen LogP contribution in [0.1, 0.15) is 44.0 Å². The fourth-order valence-corrected chi connectivity index (χ4v) is 4.02. The molecule has 3 rings (SSSR count). The van der Waals surface area contributed by atoms with Gasteiger partial charge in [0, 0.05) is 31.9 Å². The highest BCUT2D eigenvalue weighted by molar-refractivity contribution is 5.80. The molecule has 0 spiro atoms. The average molecular weight is 413 g/mol. The quantitative estimate of drug-likeness (QED) is 0.534. The third-order valence-electron chi connectivity index (χ3n) is 5.65. The van der Waals surface area contributed by atoms with Crippen LogP contribution in [0.5, 0.6) is 0 Å². The summed E-state index contributed by atoms with van der Waals surface area (Å²) in [5, 5.41) is 7.79. The lowest BCUT2D eigenvalue weighted by Gasteiger charge is -2.35. The highest BCUT2D eigenvalue weighted by Gasteiger charge is 2.26. The molecule has 1 saturated heterocycles. The van der Waals surface area contributed by atoms with E-state index in [2.05, 4.69) is 71.3 Å². The van der Waals surface area contributed by atoms with Crippen molar-refractivity contribution in [2.45, 2.75) is 32.9 Å². The minimum atomic E-state index is 0.0176. The van der Waals surface area contributed by atoms with Crippen LogP contribution in [-0.2, 0) is 11.8 Å². The van der Waals surface area contributed by atoms with Crippen molar-refractivity contribution in [2.24, 2.45) is 12.0 Å². The van der Waals surface area contributed by atoms with Crippen molar-refractivity contribution in [1.82, 2.24) is 24.9 Å². The number of aliphatic imine (C=N–C) groups is 1. The summed E-state index contributed by atoms with van der Waals surface area (Å²) in [6, 6.07) is 11.0. The number of hydrogen-bond acceptors (Lipinski definition) is 4. The average Bonchev–Trinajstić information content (AvgIpc) is 3.23. The predicted molar refractivity (Wildman–Crippen MR) is 122 cm³/mol. The van der Waals surface area contributed by atoms with Gasteiger partial charge in [0.05, 0.1) is 31.9 Å². The number of aromatic nitrogens is 2. The summed E-state index contributed by atoms with van der Waals surface area (Å²) in [4.78, 5) is 9.86. The summed E-state index contributed by atoms with van der Waals surface area (Å²) >= 11 is 0. The zero-order valence-electron chi connectivity index (χ0n) is 18.8. The number of aryl methyl sites for hydroxylation is 1. The number of hydrogen-bond donors (Lipinski definition) is 1. The lowest BCUT2D eigenvalue weighted by atomic mass is 10.1. The highest BCUT2D eigenvalue weighted by Crippen LogP contribution is 2.23. The van der Waals surface area contributed by atoms with E-state index in [1.165, 1.54) is 5.56 Å². The van der Waals surface area contributed by atoms with Crippen molar-refractivity contribution >= 4 is 5.96 Å². The van der Waals surface area contributed by atoms with Crippen molar-refractivity contribution in [2.75, 3.05) is 45.9 Å². The fourth-order valence-electron chi connectivity index (χ4n) is 4.02. The maximum Gasteiger partial charge on any atom is 0.194 e. The van der Waals surface area contributed by atoms with E-state index in [9.17, 15) is 0 Å². The molecule has 2 unspecified atom stereocenters. The van der Waals surface area contributed by atoms with Crippen LogP contribution in [-0.4, -0.2) is 71.4 Å². The van der Waals surface area contributed by atoms with Gasteiger partial charge >= 0.3 is 0 Å². The first kappa shape index (κ1) is 22.3. The van der Waals surface area contributed by atoms with Crippen molar-refractivity contribution in [3.63, 3.8) is 0 Å². The molecule has 164 valence electrons. The summed E-state index contributed by atoms with van der Waals surface area (Å²) < 4.78 is 7.84. The van der Waals surface area contributed by atoms with Crippen LogP contribution in [0, 0.1) is 0 Å². The molecule has 1 aromatic carbocycles. The number of morpholine rings is 1. The molecule has 1 N–H and O–H groups in total. The first-order valence-electron chi connectivity index (χ1n) is 11.1. The number of benzene rings is 1. The molecule has 0 bridgehead atoms. The molecule has 0 amide bonds. The second kappa shape index (κ2) is 11.1. The molecule has 30 heavy (non-hydrogen) atoms. The molecule has 7 nitrogen and oxygen atoms in total. The Morgan fingerprint density at radius 3 is 2.67 bits per heavy atom. The molecule has 1 aliphatic heterocycles. The largest absolute Gasteiger partial charge is 0.370 e. The molecule has 0 saturated carbocycles. The molecule has 0 aliphatic carbocycles. The predicted octanol–water partition coefficient (Wildman–Crippen LogP) is 2.84. The zero-order chi connectivity index (χ0) is 21.3. The SMILES string of the molecule is CCNC(=NCC(c1ccccc1)N(CC)CC)N1CCOC(c2cnn(C)c2)C1. The highest BCUT2D eigenvalue weighted by atomic mass is 16.5. The van der Waals surface area contributed by atoms with Gasteiger partial charge in [0.25, 0.3) is 0 Å². The minimum absolute atomic E-state index is 0.0176. The van der Waals surface area contributed by atoms with Crippen LogP contribution >= 0.6 is 0 Å². The van der Waals surface area contributed by atoms with E-state index in [4.69, 9.17) is 9.73 Å². The number of rotatable bonds is 8.